The van der Waals surface area contributed by atoms with E-state index in [-0.39, 0.29) is 17.1 Å². The zero-order chi connectivity index (χ0) is 23.2. The van der Waals surface area contributed by atoms with Crippen LogP contribution in [-0.4, -0.2) is 48.0 Å². The minimum absolute atomic E-state index is 0.134. The molecule has 0 aliphatic carbocycles. The lowest BCUT2D eigenvalue weighted by atomic mass is 10.1. The quantitative estimate of drug-likeness (QED) is 0.566. The maximum atomic E-state index is 14.3. The summed E-state index contributed by atoms with van der Waals surface area (Å²) in [5, 5.41) is 7.86. The van der Waals surface area contributed by atoms with Crippen LogP contribution in [0.3, 0.4) is 0 Å². The fraction of sp³-hybridized carbons (Fsp3) is 0.360. The lowest BCUT2D eigenvalue weighted by Gasteiger charge is -2.27. The summed E-state index contributed by atoms with van der Waals surface area (Å²) in [6.45, 7) is 4.42. The first kappa shape index (κ1) is 23.1. The molecular formula is C25H28F2N4O2. The van der Waals surface area contributed by atoms with Crippen LogP contribution >= 0.6 is 0 Å². The van der Waals surface area contributed by atoms with Crippen molar-refractivity contribution in [3.05, 3.63) is 81.6 Å². The van der Waals surface area contributed by atoms with Crippen LogP contribution in [0, 0.1) is 11.6 Å². The molecule has 1 aliphatic rings. The molecule has 0 radical (unpaired) electrons. The number of hydrogen-bond donors (Lipinski definition) is 1. The topological polar surface area (TPSA) is 59.4 Å². The summed E-state index contributed by atoms with van der Waals surface area (Å²) in [5.74, 6) is -0.587. The predicted molar refractivity (Wildman–Crippen MR) is 123 cm³/mol. The Balaban J connectivity index is 1.61. The van der Waals surface area contributed by atoms with E-state index >= 15 is 0 Å². The highest BCUT2D eigenvalue weighted by Gasteiger charge is 2.16. The SMILES string of the molecule is COc1ccc(-c2cc(CN3CCNCC3)c(=O)n(CCCc3ccc(F)cc3)n2)cc1F. The van der Waals surface area contributed by atoms with Gasteiger partial charge in [-0.25, -0.2) is 13.5 Å². The van der Waals surface area contributed by atoms with Crippen LogP contribution in [0.5, 0.6) is 5.75 Å². The third-order valence-electron chi connectivity index (χ3n) is 5.85. The predicted octanol–water partition coefficient (Wildman–Crippen LogP) is 3.24. The number of aromatic nitrogens is 2. The molecule has 6 nitrogen and oxygen atoms in total. The van der Waals surface area contributed by atoms with Crippen molar-refractivity contribution in [2.75, 3.05) is 33.3 Å². The fourth-order valence-electron chi connectivity index (χ4n) is 4.02. The molecule has 0 spiro atoms. The van der Waals surface area contributed by atoms with E-state index in [0.717, 1.165) is 31.7 Å². The van der Waals surface area contributed by atoms with Gasteiger partial charge in [-0.15, -0.1) is 0 Å². The molecule has 8 heteroatoms. The normalized spacial score (nSPS) is 14.4. The minimum Gasteiger partial charge on any atom is -0.494 e. The lowest BCUT2D eigenvalue weighted by Crippen LogP contribution is -2.44. The number of methoxy groups -OCH3 is 1. The number of benzene rings is 2. The van der Waals surface area contributed by atoms with Gasteiger partial charge in [0.15, 0.2) is 11.6 Å². The maximum Gasteiger partial charge on any atom is 0.271 e. The Morgan fingerprint density at radius 2 is 1.82 bits per heavy atom. The van der Waals surface area contributed by atoms with Gasteiger partial charge >= 0.3 is 0 Å². The van der Waals surface area contributed by atoms with Crippen molar-refractivity contribution in [1.82, 2.24) is 20.0 Å². The second-order valence-electron chi connectivity index (χ2n) is 8.19. The van der Waals surface area contributed by atoms with Crippen molar-refractivity contribution in [2.24, 2.45) is 0 Å². The summed E-state index contributed by atoms with van der Waals surface area (Å²) in [6.07, 6.45) is 1.37. The Hall–Kier alpha value is -3.10. The molecule has 1 saturated heterocycles. The molecule has 1 aromatic heterocycles. The van der Waals surface area contributed by atoms with Gasteiger partial charge in [-0.3, -0.25) is 9.69 Å². The summed E-state index contributed by atoms with van der Waals surface area (Å²) in [5.41, 5.74) is 2.63. The van der Waals surface area contributed by atoms with E-state index in [4.69, 9.17) is 4.74 Å². The molecule has 4 rings (SSSR count). The Morgan fingerprint density at radius 3 is 2.52 bits per heavy atom. The average molecular weight is 455 g/mol. The van der Waals surface area contributed by atoms with Crippen LogP contribution in [0.2, 0.25) is 0 Å². The highest BCUT2D eigenvalue weighted by atomic mass is 19.1. The van der Waals surface area contributed by atoms with E-state index < -0.39 is 5.82 Å². The number of aryl methyl sites for hydroxylation is 2. The number of halogens is 2. The van der Waals surface area contributed by atoms with Gasteiger partial charge in [0.1, 0.15) is 5.82 Å². The molecule has 1 fully saturated rings. The van der Waals surface area contributed by atoms with Gasteiger partial charge < -0.3 is 10.1 Å². The smallest absolute Gasteiger partial charge is 0.271 e. The van der Waals surface area contributed by atoms with Gasteiger partial charge in [-0.1, -0.05) is 12.1 Å². The molecule has 33 heavy (non-hydrogen) atoms. The number of ether oxygens (including phenoxy) is 1. The molecule has 1 aliphatic heterocycles. The molecule has 174 valence electrons. The second-order valence-corrected chi connectivity index (χ2v) is 8.19. The van der Waals surface area contributed by atoms with Crippen LogP contribution in [0.4, 0.5) is 8.78 Å². The maximum absolute atomic E-state index is 14.3. The second kappa shape index (κ2) is 10.7. The van der Waals surface area contributed by atoms with E-state index in [2.05, 4.69) is 15.3 Å². The molecule has 0 atom stereocenters. The molecule has 2 heterocycles. The van der Waals surface area contributed by atoms with E-state index in [1.807, 2.05) is 0 Å². The number of nitrogens with one attached hydrogen (secondary N) is 1. The third-order valence-corrected chi connectivity index (χ3v) is 5.85. The van der Waals surface area contributed by atoms with Crippen LogP contribution in [-0.2, 0) is 19.5 Å². The largest absolute Gasteiger partial charge is 0.494 e. The number of piperazine rings is 1. The Kier molecular flexibility index (Phi) is 7.47. The van der Waals surface area contributed by atoms with E-state index in [1.54, 1.807) is 30.3 Å². The zero-order valence-corrected chi connectivity index (χ0v) is 18.7. The van der Waals surface area contributed by atoms with Crippen LogP contribution < -0.4 is 15.6 Å². The summed E-state index contributed by atoms with van der Waals surface area (Å²) in [7, 11) is 1.42. The molecule has 3 aromatic rings. The number of nitrogens with zero attached hydrogens (tertiary/aromatic N) is 3. The van der Waals surface area contributed by atoms with Crippen molar-refractivity contribution in [3.63, 3.8) is 0 Å². The van der Waals surface area contributed by atoms with Crippen LogP contribution in [0.1, 0.15) is 17.5 Å². The van der Waals surface area contributed by atoms with Crippen LogP contribution in [0.15, 0.2) is 53.3 Å². The third kappa shape index (κ3) is 5.83. The monoisotopic (exact) mass is 454 g/mol. The molecule has 2 aromatic carbocycles. The Labute approximate surface area is 191 Å². The van der Waals surface area contributed by atoms with E-state index in [1.165, 1.54) is 30.0 Å². The van der Waals surface area contributed by atoms with Crippen molar-refractivity contribution < 1.29 is 13.5 Å². The van der Waals surface area contributed by atoms with E-state index in [0.29, 0.717) is 42.8 Å². The number of rotatable bonds is 8. The van der Waals surface area contributed by atoms with E-state index in [9.17, 15) is 13.6 Å². The summed E-state index contributed by atoms with van der Waals surface area (Å²) in [4.78, 5) is 15.4. The summed E-state index contributed by atoms with van der Waals surface area (Å²) < 4.78 is 34.0. The standard InChI is InChI=1S/C25H28F2N4O2/c1-33-24-9-6-19(15-22(24)27)23-16-20(17-30-13-10-28-11-14-30)25(32)31(29-23)12-2-3-18-4-7-21(26)8-5-18/h4-9,15-16,28H,2-3,10-14,17H2,1H3. The van der Waals surface area contributed by atoms with Gasteiger partial charge in [-0.2, -0.15) is 5.10 Å². The van der Waals surface area contributed by atoms with Gasteiger partial charge in [0.25, 0.3) is 5.56 Å². The molecule has 1 N–H and O–H groups in total. The van der Waals surface area contributed by atoms with Gasteiger partial charge in [0.05, 0.1) is 12.8 Å². The van der Waals surface area contributed by atoms with Gasteiger partial charge in [-0.05, 0) is 54.8 Å². The van der Waals surface area contributed by atoms with Crippen molar-refractivity contribution >= 4 is 0 Å². The first-order valence-corrected chi connectivity index (χ1v) is 11.2. The van der Waals surface area contributed by atoms with Crippen molar-refractivity contribution in [2.45, 2.75) is 25.9 Å². The molecule has 0 unspecified atom stereocenters. The molecule has 0 bridgehead atoms. The van der Waals surface area contributed by atoms with Crippen molar-refractivity contribution in [3.8, 4) is 17.0 Å². The number of hydrogen-bond acceptors (Lipinski definition) is 5. The van der Waals surface area contributed by atoms with Gasteiger partial charge in [0, 0.05) is 50.4 Å². The Bertz CT molecular complexity index is 1140. The minimum atomic E-state index is -0.477. The Morgan fingerprint density at radius 1 is 1.06 bits per heavy atom. The summed E-state index contributed by atoms with van der Waals surface area (Å²) in [6, 6.07) is 12.8. The van der Waals surface area contributed by atoms with Crippen LogP contribution in [0.25, 0.3) is 11.3 Å². The lowest BCUT2D eigenvalue weighted by molar-refractivity contribution is 0.231. The fourth-order valence-corrected chi connectivity index (χ4v) is 4.02. The molecule has 0 saturated carbocycles. The average Bonchev–Trinajstić information content (AvgIpc) is 2.83. The molecular weight excluding hydrogens is 426 g/mol. The first-order valence-electron chi connectivity index (χ1n) is 11.2. The zero-order valence-electron chi connectivity index (χ0n) is 18.7. The molecule has 0 amide bonds. The van der Waals surface area contributed by atoms with Gasteiger partial charge in [0.2, 0.25) is 0 Å². The first-order chi connectivity index (χ1) is 16.0. The highest BCUT2D eigenvalue weighted by molar-refractivity contribution is 5.60. The summed E-state index contributed by atoms with van der Waals surface area (Å²) >= 11 is 0. The van der Waals surface area contributed by atoms with Crippen molar-refractivity contribution in [1.29, 1.82) is 0 Å². The highest BCUT2D eigenvalue weighted by Crippen LogP contribution is 2.24.